The van der Waals surface area contributed by atoms with Crippen LogP contribution in [0.1, 0.15) is 25.0 Å². The van der Waals surface area contributed by atoms with Crippen molar-refractivity contribution in [3.8, 4) is 0 Å². The van der Waals surface area contributed by atoms with Gasteiger partial charge in [0.25, 0.3) is 0 Å². The van der Waals surface area contributed by atoms with Gasteiger partial charge in [-0.15, -0.1) is 0 Å². The first-order valence-electron chi connectivity index (χ1n) is 6.55. The molecule has 0 aromatic heterocycles. The molecule has 2 atom stereocenters. The standard InChI is InChI=1S/C15H24FNS/c1-5-17-15(12(3)10-18-4)9-13-8-14(16)7-6-11(13)2/h6-8,12,15,17H,5,9-10H2,1-4H3. The Morgan fingerprint density at radius 2 is 2.11 bits per heavy atom. The van der Waals surface area contributed by atoms with Crippen molar-refractivity contribution in [1.82, 2.24) is 5.32 Å². The summed E-state index contributed by atoms with van der Waals surface area (Å²) in [5, 5.41) is 3.53. The summed E-state index contributed by atoms with van der Waals surface area (Å²) in [6.07, 6.45) is 3.03. The van der Waals surface area contributed by atoms with E-state index in [1.54, 1.807) is 6.07 Å². The van der Waals surface area contributed by atoms with Gasteiger partial charge in [-0.05, 0) is 61.1 Å². The van der Waals surface area contributed by atoms with Crippen LogP contribution in [0.5, 0.6) is 0 Å². The van der Waals surface area contributed by atoms with E-state index in [2.05, 4.69) is 32.3 Å². The van der Waals surface area contributed by atoms with Gasteiger partial charge in [-0.2, -0.15) is 11.8 Å². The van der Waals surface area contributed by atoms with Crippen molar-refractivity contribution < 1.29 is 4.39 Å². The molecule has 1 rings (SSSR count). The van der Waals surface area contributed by atoms with Crippen LogP contribution in [0, 0.1) is 18.7 Å². The van der Waals surface area contributed by atoms with Gasteiger partial charge in [-0.25, -0.2) is 4.39 Å². The molecule has 0 amide bonds. The van der Waals surface area contributed by atoms with Gasteiger partial charge < -0.3 is 5.32 Å². The Bertz CT molecular complexity index is 368. The van der Waals surface area contributed by atoms with Crippen LogP contribution in [0.15, 0.2) is 18.2 Å². The molecule has 0 fully saturated rings. The summed E-state index contributed by atoms with van der Waals surface area (Å²) in [4.78, 5) is 0. The molecule has 3 heteroatoms. The lowest BCUT2D eigenvalue weighted by Crippen LogP contribution is -2.38. The number of hydrogen-bond donors (Lipinski definition) is 1. The predicted molar refractivity (Wildman–Crippen MR) is 79.9 cm³/mol. The van der Waals surface area contributed by atoms with E-state index < -0.39 is 0 Å². The minimum absolute atomic E-state index is 0.136. The minimum Gasteiger partial charge on any atom is -0.314 e. The molecule has 0 bridgehead atoms. The average Bonchev–Trinajstić information content (AvgIpc) is 2.33. The Kier molecular flexibility index (Phi) is 6.72. The van der Waals surface area contributed by atoms with Gasteiger partial charge in [0.2, 0.25) is 0 Å². The molecular weight excluding hydrogens is 245 g/mol. The van der Waals surface area contributed by atoms with E-state index in [1.165, 1.54) is 11.6 Å². The maximum Gasteiger partial charge on any atom is 0.123 e. The van der Waals surface area contributed by atoms with Crippen molar-refractivity contribution in [2.24, 2.45) is 5.92 Å². The quantitative estimate of drug-likeness (QED) is 0.811. The van der Waals surface area contributed by atoms with Crippen molar-refractivity contribution in [3.63, 3.8) is 0 Å². The van der Waals surface area contributed by atoms with E-state index in [0.717, 1.165) is 24.3 Å². The zero-order chi connectivity index (χ0) is 13.5. The Morgan fingerprint density at radius 1 is 1.39 bits per heavy atom. The van der Waals surface area contributed by atoms with Crippen LogP contribution >= 0.6 is 11.8 Å². The number of rotatable bonds is 7. The summed E-state index contributed by atoms with van der Waals surface area (Å²) in [5.41, 5.74) is 2.30. The minimum atomic E-state index is -0.136. The largest absolute Gasteiger partial charge is 0.314 e. The lowest BCUT2D eigenvalue weighted by atomic mass is 9.94. The lowest BCUT2D eigenvalue weighted by Gasteiger charge is -2.25. The van der Waals surface area contributed by atoms with E-state index in [1.807, 2.05) is 17.8 Å². The van der Waals surface area contributed by atoms with E-state index in [-0.39, 0.29) is 5.82 Å². The van der Waals surface area contributed by atoms with E-state index in [4.69, 9.17) is 0 Å². The van der Waals surface area contributed by atoms with Crippen LogP contribution in [0.4, 0.5) is 4.39 Å². The zero-order valence-electron chi connectivity index (χ0n) is 11.8. The van der Waals surface area contributed by atoms with Crippen molar-refractivity contribution in [1.29, 1.82) is 0 Å². The van der Waals surface area contributed by atoms with Crippen molar-refractivity contribution in [3.05, 3.63) is 35.1 Å². The SMILES string of the molecule is CCNC(Cc1cc(F)ccc1C)C(C)CSC. The molecule has 102 valence electrons. The molecule has 0 aliphatic carbocycles. The number of thioether (sulfide) groups is 1. The van der Waals surface area contributed by atoms with Gasteiger partial charge in [0, 0.05) is 6.04 Å². The highest BCUT2D eigenvalue weighted by atomic mass is 32.2. The first-order valence-corrected chi connectivity index (χ1v) is 7.95. The van der Waals surface area contributed by atoms with Gasteiger partial charge in [-0.3, -0.25) is 0 Å². The Morgan fingerprint density at radius 3 is 2.72 bits per heavy atom. The first kappa shape index (κ1) is 15.5. The third-order valence-corrected chi connectivity index (χ3v) is 4.19. The summed E-state index contributed by atoms with van der Waals surface area (Å²) in [5.74, 6) is 1.58. The summed E-state index contributed by atoms with van der Waals surface area (Å²) in [7, 11) is 0. The molecular formula is C15H24FNS. The Balaban J connectivity index is 2.78. The fourth-order valence-corrected chi connectivity index (χ4v) is 2.97. The second-order valence-electron chi connectivity index (χ2n) is 4.87. The van der Waals surface area contributed by atoms with Crippen LogP contribution in [0.2, 0.25) is 0 Å². The molecule has 0 spiro atoms. The topological polar surface area (TPSA) is 12.0 Å². The van der Waals surface area contributed by atoms with Gasteiger partial charge in [0.15, 0.2) is 0 Å². The number of likely N-dealkylation sites (N-methyl/N-ethyl adjacent to an activating group) is 1. The van der Waals surface area contributed by atoms with Gasteiger partial charge >= 0.3 is 0 Å². The number of hydrogen-bond acceptors (Lipinski definition) is 2. The van der Waals surface area contributed by atoms with Crippen LogP contribution in [-0.2, 0) is 6.42 Å². The number of aryl methyl sites for hydroxylation is 1. The number of nitrogens with one attached hydrogen (secondary N) is 1. The normalized spacial score (nSPS) is 14.5. The maximum atomic E-state index is 13.3. The van der Waals surface area contributed by atoms with Crippen molar-refractivity contribution in [2.75, 3.05) is 18.6 Å². The molecule has 0 saturated heterocycles. The van der Waals surface area contributed by atoms with Crippen LogP contribution in [0.25, 0.3) is 0 Å². The highest BCUT2D eigenvalue weighted by molar-refractivity contribution is 7.98. The number of benzene rings is 1. The van der Waals surface area contributed by atoms with E-state index in [9.17, 15) is 4.39 Å². The Hall–Kier alpha value is -0.540. The zero-order valence-corrected chi connectivity index (χ0v) is 12.6. The number of halogens is 1. The summed E-state index contributed by atoms with van der Waals surface area (Å²) in [6, 6.07) is 5.49. The van der Waals surface area contributed by atoms with Crippen LogP contribution in [-0.4, -0.2) is 24.6 Å². The molecule has 1 nitrogen and oxygen atoms in total. The van der Waals surface area contributed by atoms with Crippen molar-refractivity contribution in [2.45, 2.75) is 33.2 Å². The third kappa shape index (κ3) is 4.62. The fourth-order valence-electron chi connectivity index (χ4n) is 2.21. The van der Waals surface area contributed by atoms with E-state index in [0.29, 0.717) is 12.0 Å². The molecule has 18 heavy (non-hydrogen) atoms. The molecule has 1 N–H and O–H groups in total. The Labute approximate surface area is 115 Å². The lowest BCUT2D eigenvalue weighted by molar-refractivity contribution is 0.409. The van der Waals surface area contributed by atoms with Crippen molar-refractivity contribution >= 4 is 11.8 Å². The van der Waals surface area contributed by atoms with Gasteiger partial charge in [0.1, 0.15) is 5.82 Å². The predicted octanol–water partition coefficient (Wildman–Crippen LogP) is 3.65. The molecule has 0 aliphatic rings. The smallest absolute Gasteiger partial charge is 0.123 e. The molecule has 1 aromatic rings. The molecule has 1 aromatic carbocycles. The molecule has 0 radical (unpaired) electrons. The second kappa shape index (κ2) is 7.80. The summed E-state index contributed by atoms with van der Waals surface area (Å²) < 4.78 is 13.3. The molecule has 0 saturated carbocycles. The van der Waals surface area contributed by atoms with Gasteiger partial charge in [0.05, 0.1) is 0 Å². The summed E-state index contributed by atoms with van der Waals surface area (Å²) in [6.45, 7) is 7.39. The maximum absolute atomic E-state index is 13.3. The second-order valence-corrected chi connectivity index (χ2v) is 5.78. The van der Waals surface area contributed by atoms with E-state index >= 15 is 0 Å². The average molecular weight is 269 g/mol. The van der Waals surface area contributed by atoms with Crippen LogP contribution < -0.4 is 5.32 Å². The molecule has 2 unspecified atom stereocenters. The fraction of sp³-hybridized carbons (Fsp3) is 0.600. The van der Waals surface area contributed by atoms with Crippen LogP contribution in [0.3, 0.4) is 0 Å². The summed E-state index contributed by atoms with van der Waals surface area (Å²) >= 11 is 1.87. The highest BCUT2D eigenvalue weighted by Crippen LogP contribution is 2.18. The first-order chi connectivity index (χ1) is 8.58. The monoisotopic (exact) mass is 269 g/mol. The highest BCUT2D eigenvalue weighted by Gasteiger charge is 2.17. The molecule has 0 heterocycles. The third-order valence-electron chi connectivity index (χ3n) is 3.33. The molecule has 0 aliphatic heterocycles. The van der Waals surface area contributed by atoms with Gasteiger partial charge in [-0.1, -0.05) is 19.9 Å².